The molecule has 0 bridgehead atoms. The number of carbonyl (C=O) groups excluding carboxylic acids is 1. The Labute approximate surface area is 171 Å². The molecule has 1 aliphatic rings. The van der Waals surface area contributed by atoms with Gasteiger partial charge >= 0.3 is 0 Å². The summed E-state index contributed by atoms with van der Waals surface area (Å²) >= 11 is 5.39. The van der Waals surface area contributed by atoms with Crippen molar-refractivity contribution in [1.29, 1.82) is 0 Å². The number of hydrogen-bond donors (Lipinski definition) is 2. The highest BCUT2D eigenvalue weighted by Gasteiger charge is 2.28. The van der Waals surface area contributed by atoms with Crippen LogP contribution in [0.15, 0.2) is 23.0 Å². The summed E-state index contributed by atoms with van der Waals surface area (Å²) in [6, 6.07) is 5.43. The fraction of sp³-hybridized carbons (Fsp3) is 0.591. The molecule has 28 heavy (non-hydrogen) atoms. The average molecular weight is 402 g/mol. The second-order valence-corrected chi connectivity index (χ2v) is 8.59. The molecule has 2 N–H and O–H groups in total. The van der Waals surface area contributed by atoms with E-state index in [1.165, 1.54) is 6.42 Å². The number of aromatic amines is 1. The van der Waals surface area contributed by atoms with Gasteiger partial charge in [-0.2, -0.15) is 0 Å². The van der Waals surface area contributed by atoms with E-state index in [1.807, 2.05) is 0 Å². The van der Waals surface area contributed by atoms with Gasteiger partial charge < -0.3 is 10.3 Å². The van der Waals surface area contributed by atoms with Crippen LogP contribution in [0.3, 0.4) is 0 Å². The van der Waals surface area contributed by atoms with Crippen molar-refractivity contribution in [2.24, 2.45) is 11.8 Å². The molecular formula is C22H31N3O2S. The Morgan fingerprint density at radius 2 is 2.07 bits per heavy atom. The van der Waals surface area contributed by atoms with E-state index < -0.39 is 0 Å². The highest BCUT2D eigenvalue weighted by molar-refractivity contribution is 7.71. The topological polar surface area (TPSA) is 66.9 Å². The van der Waals surface area contributed by atoms with Crippen LogP contribution < -0.4 is 10.9 Å². The van der Waals surface area contributed by atoms with E-state index in [0.717, 1.165) is 32.1 Å². The molecule has 1 fully saturated rings. The SMILES string of the molecule is CCCCCn1c(=S)[nH]c2cc(C(=O)NC3CCCC(C)C3C)ccc2c1=O. The van der Waals surface area contributed by atoms with Gasteiger partial charge in [0.25, 0.3) is 11.5 Å². The number of nitrogens with one attached hydrogen (secondary N) is 2. The van der Waals surface area contributed by atoms with E-state index >= 15 is 0 Å². The van der Waals surface area contributed by atoms with Gasteiger partial charge in [0.1, 0.15) is 0 Å². The minimum atomic E-state index is -0.0865. The smallest absolute Gasteiger partial charge is 0.262 e. The van der Waals surface area contributed by atoms with Crippen molar-refractivity contribution < 1.29 is 4.79 Å². The third kappa shape index (κ3) is 4.37. The monoisotopic (exact) mass is 401 g/mol. The zero-order chi connectivity index (χ0) is 20.3. The molecule has 3 atom stereocenters. The molecule has 1 aromatic heterocycles. The lowest BCUT2D eigenvalue weighted by Crippen LogP contribution is -2.43. The number of amides is 1. The highest BCUT2D eigenvalue weighted by Crippen LogP contribution is 2.29. The van der Waals surface area contributed by atoms with E-state index in [0.29, 0.717) is 39.6 Å². The molecule has 0 radical (unpaired) electrons. The summed E-state index contributed by atoms with van der Waals surface area (Å²) in [4.78, 5) is 28.7. The fourth-order valence-corrected chi connectivity index (χ4v) is 4.44. The van der Waals surface area contributed by atoms with Gasteiger partial charge in [0.05, 0.1) is 10.9 Å². The van der Waals surface area contributed by atoms with Crippen LogP contribution in [0.25, 0.3) is 10.9 Å². The van der Waals surface area contributed by atoms with E-state index in [2.05, 4.69) is 31.1 Å². The van der Waals surface area contributed by atoms with Crippen LogP contribution in [-0.2, 0) is 6.54 Å². The third-order valence-electron chi connectivity index (χ3n) is 6.25. The number of aromatic nitrogens is 2. The number of fused-ring (bicyclic) bond motifs is 1. The molecule has 6 heteroatoms. The summed E-state index contributed by atoms with van der Waals surface area (Å²) in [6.45, 7) is 7.22. The van der Waals surface area contributed by atoms with Crippen LogP contribution in [0.1, 0.15) is 69.7 Å². The number of unbranched alkanes of at least 4 members (excludes halogenated alkanes) is 2. The molecule has 1 saturated carbocycles. The summed E-state index contributed by atoms with van der Waals surface area (Å²) in [6.07, 6.45) is 6.49. The van der Waals surface area contributed by atoms with Crippen LogP contribution in [-0.4, -0.2) is 21.5 Å². The number of benzene rings is 1. The fourth-order valence-electron chi connectivity index (χ4n) is 4.16. The minimum Gasteiger partial charge on any atom is -0.349 e. The Morgan fingerprint density at radius 1 is 1.29 bits per heavy atom. The first-order chi connectivity index (χ1) is 13.4. The van der Waals surface area contributed by atoms with Crippen molar-refractivity contribution >= 4 is 29.0 Å². The van der Waals surface area contributed by atoms with Crippen molar-refractivity contribution in [3.05, 3.63) is 38.9 Å². The predicted octanol–water partition coefficient (Wildman–Crippen LogP) is 4.80. The normalized spacial score (nSPS) is 22.3. The molecule has 2 aromatic rings. The van der Waals surface area contributed by atoms with Gasteiger partial charge in [-0.1, -0.05) is 46.5 Å². The third-order valence-corrected chi connectivity index (χ3v) is 6.58. The summed E-state index contributed by atoms with van der Waals surface area (Å²) in [5.41, 5.74) is 1.10. The molecule has 1 aliphatic carbocycles. The Bertz CT molecular complexity index is 962. The van der Waals surface area contributed by atoms with Gasteiger partial charge in [-0.15, -0.1) is 0 Å². The van der Waals surface area contributed by atoms with Crippen LogP contribution in [0.5, 0.6) is 0 Å². The van der Waals surface area contributed by atoms with Gasteiger partial charge in [0.15, 0.2) is 4.77 Å². The lowest BCUT2D eigenvalue weighted by atomic mass is 9.78. The van der Waals surface area contributed by atoms with Crippen molar-refractivity contribution in [3.63, 3.8) is 0 Å². The number of H-pyrrole nitrogens is 1. The average Bonchev–Trinajstić information content (AvgIpc) is 2.67. The van der Waals surface area contributed by atoms with Crippen molar-refractivity contribution in [2.75, 3.05) is 0 Å². The zero-order valence-electron chi connectivity index (χ0n) is 17.1. The maximum absolute atomic E-state index is 12.8. The Balaban J connectivity index is 1.84. The zero-order valence-corrected chi connectivity index (χ0v) is 17.9. The predicted molar refractivity (Wildman–Crippen MR) is 116 cm³/mol. The van der Waals surface area contributed by atoms with Gasteiger partial charge in [-0.25, -0.2) is 0 Å². The Morgan fingerprint density at radius 3 is 2.82 bits per heavy atom. The second kappa shape index (κ2) is 9.03. The lowest BCUT2D eigenvalue weighted by molar-refractivity contribution is 0.0891. The van der Waals surface area contributed by atoms with Crippen molar-refractivity contribution in [3.8, 4) is 0 Å². The molecule has 1 heterocycles. The molecule has 1 aromatic carbocycles. The van der Waals surface area contributed by atoms with E-state index in [9.17, 15) is 9.59 Å². The van der Waals surface area contributed by atoms with Gasteiger partial charge in [-0.3, -0.25) is 14.2 Å². The first kappa shape index (κ1) is 20.8. The Kier molecular flexibility index (Phi) is 6.70. The maximum Gasteiger partial charge on any atom is 0.262 e. The van der Waals surface area contributed by atoms with E-state index in [1.54, 1.807) is 22.8 Å². The number of hydrogen-bond acceptors (Lipinski definition) is 3. The number of carbonyl (C=O) groups is 1. The van der Waals surface area contributed by atoms with Gasteiger partial charge in [0.2, 0.25) is 0 Å². The Hall–Kier alpha value is -1.95. The number of nitrogens with zero attached hydrogens (tertiary/aromatic N) is 1. The first-order valence-electron chi connectivity index (χ1n) is 10.5. The number of rotatable bonds is 6. The first-order valence-corrected chi connectivity index (χ1v) is 10.9. The van der Waals surface area contributed by atoms with E-state index in [4.69, 9.17) is 12.2 Å². The van der Waals surface area contributed by atoms with Crippen LogP contribution >= 0.6 is 12.2 Å². The van der Waals surface area contributed by atoms with Crippen molar-refractivity contribution in [2.45, 2.75) is 71.9 Å². The molecule has 5 nitrogen and oxygen atoms in total. The molecule has 1 amide bonds. The summed E-state index contributed by atoms with van der Waals surface area (Å²) in [7, 11) is 0. The summed E-state index contributed by atoms with van der Waals surface area (Å²) in [5, 5.41) is 3.76. The van der Waals surface area contributed by atoms with Gasteiger partial charge in [0, 0.05) is 18.2 Å². The molecule has 0 saturated heterocycles. The van der Waals surface area contributed by atoms with E-state index in [-0.39, 0.29) is 17.5 Å². The molecule has 0 spiro atoms. The molecule has 152 valence electrons. The van der Waals surface area contributed by atoms with Crippen LogP contribution in [0.2, 0.25) is 0 Å². The highest BCUT2D eigenvalue weighted by atomic mass is 32.1. The minimum absolute atomic E-state index is 0.0840. The quantitative estimate of drug-likeness (QED) is 0.539. The molecule has 3 rings (SSSR count). The molecule has 0 aliphatic heterocycles. The van der Waals surface area contributed by atoms with Crippen LogP contribution in [0, 0.1) is 16.6 Å². The molecular weight excluding hydrogens is 370 g/mol. The summed E-state index contributed by atoms with van der Waals surface area (Å²) in [5.74, 6) is 1.01. The second-order valence-electron chi connectivity index (χ2n) is 8.20. The van der Waals surface area contributed by atoms with Gasteiger partial charge in [-0.05, 0) is 55.1 Å². The summed E-state index contributed by atoms with van der Waals surface area (Å²) < 4.78 is 2.04. The lowest BCUT2D eigenvalue weighted by Gasteiger charge is -2.34. The van der Waals surface area contributed by atoms with Crippen molar-refractivity contribution in [1.82, 2.24) is 14.9 Å². The van der Waals surface area contributed by atoms with Crippen LogP contribution in [0.4, 0.5) is 0 Å². The largest absolute Gasteiger partial charge is 0.349 e. The maximum atomic E-state index is 12.8. The standard InChI is InChI=1S/C22H31N3O2S/c1-4-5-6-12-25-21(27)17-11-10-16(13-19(17)24-22(25)28)20(26)23-18-9-7-8-14(2)15(18)3/h10-11,13-15,18H,4-9,12H2,1-3H3,(H,23,26)(H,24,28). The molecule has 3 unspecified atom stereocenters.